The van der Waals surface area contributed by atoms with Crippen molar-refractivity contribution in [2.75, 3.05) is 18.0 Å². The summed E-state index contributed by atoms with van der Waals surface area (Å²) < 4.78 is 0. The van der Waals surface area contributed by atoms with E-state index in [1.165, 1.54) is 4.90 Å². The van der Waals surface area contributed by atoms with Gasteiger partial charge in [0.2, 0.25) is 11.8 Å². The minimum atomic E-state index is -0.174. The molecule has 0 radical (unpaired) electrons. The minimum absolute atomic E-state index is 0.0137. The molecule has 1 aliphatic heterocycles. The molecule has 0 aromatic heterocycles. The van der Waals surface area contributed by atoms with Crippen molar-refractivity contribution >= 4 is 29.1 Å². The molecule has 1 aliphatic rings. The first kappa shape index (κ1) is 16.0. The van der Waals surface area contributed by atoms with Crippen LogP contribution in [-0.2, 0) is 9.59 Å². The molecule has 6 heteroatoms. The summed E-state index contributed by atoms with van der Waals surface area (Å²) in [4.78, 5) is 25.1. The molecule has 0 aliphatic carbocycles. The Morgan fingerprint density at radius 3 is 2.67 bits per heavy atom. The molecule has 1 fully saturated rings. The quantitative estimate of drug-likeness (QED) is 0.914. The first-order valence-corrected chi connectivity index (χ1v) is 7.74. The maximum atomic E-state index is 12.0. The molecule has 120 valence electrons. The lowest BCUT2D eigenvalue weighted by atomic mass is 10.00. The number of anilines is 1. The van der Waals surface area contributed by atoms with Crippen LogP contribution in [0, 0.1) is 18.3 Å². The molecular formula is C18H14ClN3O2. The molecule has 0 saturated carbocycles. The molecule has 0 spiro atoms. The molecule has 1 N–H and O–H groups in total. The van der Waals surface area contributed by atoms with Crippen LogP contribution in [0.4, 0.5) is 5.69 Å². The van der Waals surface area contributed by atoms with Crippen molar-refractivity contribution in [1.29, 1.82) is 5.26 Å². The fraction of sp³-hybridized carbons (Fsp3) is 0.167. The third-order valence-corrected chi connectivity index (χ3v) is 4.11. The maximum Gasteiger partial charge on any atom is 0.246 e. The highest BCUT2D eigenvalue weighted by Gasteiger charge is 2.25. The topological polar surface area (TPSA) is 73.2 Å². The van der Waals surface area contributed by atoms with Crippen LogP contribution in [0.2, 0.25) is 5.02 Å². The molecule has 2 aromatic rings. The average molecular weight is 340 g/mol. The Morgan fingerprint density at radius 1 is 1.17 bits per heavy atom. The molecule has 2 aromatic carbocycles. The van der Waals surface area contributed by atoms with Gasteiger partial charge >= 0.3 is 0 Å². The van der Waals surface area contributed by atoms with Gasteiger partial charge in [0.05, 0.1) is 18.2 Å². The van der Waals surface area contributed by atoms with E-state index in [-0.39, 0.29) is 24.9 Å². The van der Waals surface area contributed by atoms with Crippen LogP contribution < -0.4 is 10.2 Å². The van der Waals surface area contributed by atoms with E-state index in [0.29, 0.717) is 16.3 Å². The number of amides is 2. The van der Waals surface area contributed by atoms with E-state index in [1.54, 1.807) is 18.2 Å². The van der Waals surface area contributed by atoms with Gasteiger partial charge in [-0.25, -0.2) is 0 Å². The van der Waals surface area contributed by atoms with Crippen LogP contribution >= 0.6 is 11.6 Å². The number of benzene rings is 2. The largest absolute Gasteiger partial charge is 0.345 e. The zero-order valence-corrected chi connectivity index (χ0v) is 13.7. The number of nitriles is 1. The number of carbonyl (C=O) groups is 2. The Balaban J connectivity index is 1.99. The van der Waals surface area contributed by atoms with Gasteiger partial charge in [-0.1, -0.05) is 17.7 Å². The Morgan fingerprint density at radius 2 is 1.96 bits per heavy atom. The molecule has 3 rings (SSSR count). The van der Waals surface area contributed by atoms with E-state index in [0.717, 1.165) is 16.7 Å². The van der Waals surface area contributed by atoms with Crippen LogP contribution in [0.25, 0.3) is 11.1 Å². The maximum absolute atomic E-state index is 12.0. The van der Waals surface area contributed by atoms with Crippen molar-refractivity contribution in [3.05, 3.63) is 52.5 Å². The number of piperazine rings is 1. The van der Waals surface area contributed by atoms with Crippen molar-refractivity contribution in [3.8, 4) is 17.2 Å². The summed E-state index contributed by atoms with van der Waals surface area (Å²) >= 11 is 6.06. The van der Waals surface area contributed by atoms with Gasteiger partial charge in [-0.05, 0) is 53.9 Å². The normalized spacial score (nSPS) is 14.3. The zero-order chi connectivity index (χ0) is 17.3. The summed E-state index contributed by atoms with van der Waals surface area (Å²) in [7, 11) is 0. The van der Waals surface area contributed by atoms with Gasteiger partial charge in [0.1, 0.15) is 6.54 Å². The smallest absolute Gasteiger partial charge is 0.246 e. The van der Waals surface area contributed by atoms with E-state index >= 15 is 0 Å². The van der Waals surface area contributed by atoms with Gasteiger partial charge in [0.25, 0.3) is 0 Å². The first-order chi connectivity index (χ1) is 11.5. The average Bonchev–Trinajstić information content (AvgIpc) is 2.56. The molecule has 0 unspecified atom stereocenters. The van der Waals surface area contributed by atoms with Crippen LogP contribution in [-0.4, -0.2) is 24.9 Å². The summed E-state index contributed by atoms with van der Waals surface area (Å²) in [5.74, 6) is -0.313. The first-order valence-electron chi connectivity index (χ1n) is 7.37. The van der Waals surface area contributed by atoms with Gasteiger partial charge in [-0.15, -0.1) is 0 Å². The van der Waals surface area contributed by atoms with Crippen LogP contribution in [0.15, 0.2) is 36.4 Å². The summed E-state index contributed by atoms with van der Waals surface area (Å²) in [6.45, 7) is 1.92. The highest BCUT2D eigenvalue weighted by molar-refractivity contribution is 6.31. The number of halogens is 1. The number of hydrogen-bond donors (Lipinski definition) is 1. The van der Waals surface area contributed by atoms with Crippen molar-refractivity contribution < 1.29 is 9.59 Å². The highest BCUT2D eigenvalue weighted by Crippen LogP contribution is 2.30. The number of hydrogen-bond acceptors (Lipinski definition) is 3. The van der Waals surface area contributed by atoms with Gasteiger partial charge in [-0.3, -0.25) is 9.59 Å². The SMILES string of the molecule is Cc1cc(-c2cc(Cl)cc(C#N)c2)ccc1N1CC(=O)NCC1=O. The molecule has 2 amide bonds. The molecule has 24 heavy (non-hydrogen) atoms. The summed E-state index contributed by atoms with van der Waals surface area (Å²) in [6.07, 6.45) is 0. The lowest BCUT2D eigenvalue weighted by molar-refractivity contribution is -0.128. The lowest BCUT2D eigenvalue weighted by Crippen LogP contribution is -2.51. The predicted molar refractivity (Wildman–Crippen MR) is 91.7 cm³/mol. The molecule has 1 heterocycles. The number of nitrogens with one attached hydrogen (secondary N) is 1. The summed E-state index contributed by atoms with van der Waals surface area (Å²) in [5, 5.41) is 12.1. The second-order valence-corrected chi connectivity index (χ2v) is 6.03. The van der Waals surface area contributed by atoms with Gasteiger partial charge in [-0.2, -0.15) is 5.26 Å². The number of carbonyl (C=O) groups excluding carboxylic acids is 2. The van der Waals surface area contributed by atoms with E-state index in [9.17, 15) is 9.59 Å². The lowest BCUT2D eigenvalue weighted by Gasteiger charge is -2.28. The second-order valence-electron chi connectivity index (χ2n) is 5.60. The van der Waals surface area contributed by atoms with E-state index in [4.69, 9.17) is 16.9 Å². The van der Waals surface area contributed by atoms with Crippen LogP contribution in [0.3, 0.4) is 0 Å². The van der Waals surface area contributed by atoms with E-state index < -0.39 is 0 Å². The second kappa shape index (κ2) is 6.34. The van der Waals surface area contributed by atoms with Crippen molar-refractivity contribution in [3.63, 3.8) is 0 Å². The predicted octanol–water partition coefficient (Wildman–Crippen LogP) is 2.65. The fourth-order valence-corrected chi connectivity index (χ4v) is 2.97. The third kappa shape index (κ3) is 3.10. The molecule has 0 bridgehead atoms. The summed E-state index contributed by atoms with van der Waals surface area (Å²) in [6, 6.07) is 12.8. The number of aryl methyl sites for hydroxylation is 1. The fourth-order valence-electron chi connectivity index (χ4n) is 2.74. The standard InChI is InChI=1S/C18H14ClN3O2/c1-11-4-13(14-5-12(8-20)6-15(19)7-14)2-3-16(11)22-10-17(23)21-9-18(22)24/h2-7H,9-10H2,1H3,(H,21,23). The Bertz CT molecular complexity index is 886. The molecular weight excluding hydrogens is 326 g/mol. The number of nitrogens with zero attached hydrogens (tertiary/aromatic N) is 2. The van der Waals surface area contributed by atoms with Crippen molar-refractivity contribution in [2.24, 2.45) is 0 Å². The van der Waals surface area contributed by atoms with Crippen LogP contribution in [0.1, 0.15) is 11.1 Å². The Kier molecular flexibility index (Phi) is 4.24. The number of rotatable bonds is 2. The van der Waals surface area contributed by atoms with E-state index in [2.05, 4.69) is 11.4 Å². The van der Waals surface area contributed by atoms with Crippen molar-refractivity contribution in [1.82, 2.24) is 5.32 Å². The van der Waals surface area contributed by atoms with Crippen molar-refractivity contribution in [2.45, 2.75) is 6.92 Å². The van der Waals surface area contributed by atoms with Gasteiger partial charge in [0.15, 0.2) is 0 Å². The van der Waals surface area contributed by atoms with E-state index in [1.807, 2.05) is 25.1 Å². The zero-order valence-electron chi connectivity index (χ0n) is 13.0. The molecule has 1 saturated heterocycles. The van der Waals surface area contributed by atoms with Crippen LogP contribution in [0.5, 0.6) is 0 Å². The minimum Gasteiger partial charge on any atom is -0.345 e. The highest BCUT2D eigenvalue weighted by atomic mass is 35.5. The summed E-state index contributed by atoms with van der Waals surface area (Å²) in [5.41, 5.74) is 3.79. The molecule has 0 atom stereocenters. The molecule has 5 nitrogen and oxygen atoms in total. The Hall–Kier alpha value is -2.84. The monoisotopic (exact) mass is 339 g/mol. The van der Waals surface area contributed by atoms with Gasteiger partial charge < -0.3 is 10.2 Å². The third-order valence-electron chi connectivity index (χ3n) is 3.89. The Labute approximate surface area is 144 Å². The van der Waals surface area contributed by atoms with Gasteiger partial charge in [0, 0.05) is 10.7 Å².